The van der Waals surface area contributed by atoms with E-state index >= 15 is 0 Å². The van der Waals surface area contributed by atoms with Crippen LogP contribution in [0.4, 0.5) is 34.1 Å². The molecule has 4 aromatic carbocycles. The molecule has 0 aromatic heterocycles. The Morgan fingerprint density at radius 2 is 0.877 bits per heavy atom. The standard InChI is InChI=1S/C11H10N2O8.C10H8N2O8.C7H6N2O5.C7H8.C6H8O4.CH4/c1-20-10(14)5-11(15)21-6-7-2-8(12(16)17)4-9(3-7)13(18)19;13-9(14)4-10(15)20-5-6-1-7(11(16)17)3-8(2-6)12(18)19;10-4-5-1-6(8(11)12)3-7(2-5)9(13)14;1-7-5-3-2-4-6-7;1-6(2)9-4(7)3-5(8)10-6;/h2-4H,5-6H2,1H3;1-3H,4-5H2,(H,13,14);1-3,10H,4H2;2-6H,1H3;3H2,1-2H3;1H4. The molecule has 31 heteroatoms. The summed E-state index contributed by atoms with van der Waals surface area (Å²) in [5.74, 6) is -6.28. The van der Waals surface area contributed by atoms with Gasteiger partial charge in [0.2, 0.25) is 0 Å². The molecule has 2 N–H and O–H groups in total. The van der Waals surface area contributed by atoms with Crippen LogP contribution >= 0.6 is 0 Å². The number of ether oxygens (including phenoxy) is 5. The van der Waals surface area contributed by atoms with Crippen molar-refractivity contribution in [3.05, 3.63) is 168 Å². The van der Waals surface area contributed by atoms with Crippen LogP contribution in [0.15, 0.2) is 84.9 Å². The van der Waals surface area contributed by atoms with E-state index in [0.717, 1.165) is 61.7 Å². The second kappa shape index (κ2) is 30.5. The molecule has 1 saturated heterocycles. The van der Waals surface area contributed by atoms with Crippen LogP contribution < -0.4 is 0 Å². The van der Waals surface area contributed by atoms with Gasteiger partial charge in [0.15, 0.2) is 0 Å². The smallest absolute Gasteiger partial charge is 0.320 e. The van der Waals surface area contributed by atoms with Crippen molar-refractivity contribution in [1.29, 1.82) is 0 Å². The molecular formula is C42H44N6O25. The molecular weight excluding hydrogens is 988 g/mol. The lowest BCUT2D eigenvalue weighted by molar-refractivity contribution is -0.394. The van der Waals surface area contributed by atoms with Crippen molar-refractivity contribution >= 4 is 69.9 Å². The number of hydrogen-bond donors (Lipinski definition) is 2. The molecule has 5 rings (SSSR count). The molecule has 0 aliphatic carbocycles. The van der Waals surface area contributed by atoms with Crippen molar-refractivity contribution in [3.8, 4) is 0 Å². The van der Waals surface area contributed by atoms with Crippen LogP contribution in [0.25, 0.3) is 0 Å². The van der Waals surface area contributed by atoms with Crippen LogP contribution in [-0.2, 0) is 72.3 Å². The van der Waals surface area contributed by atoms with E-state index in [9.17, 15) is 89.5 Å². The van der Waals surface area contributed by atoms with E-state index in [4.69, 9.17) is 10.2 Å². The number of nitrogens with zero attached hydrogens (tertiary/aromatic N) is 6. The maximum atomic E-state index is 11.2. The minimum absolute atomic E-state index is 0. The molecule has 0 radical (unpaired) electrons. The molecule has 31 nitrogen and oxygen atoms in total. The summed E-state index contributed by atoms with van der Waals surface area (Å²) in [6, 6.07) is 18.9. The first-order chi connectivity index (χ1) is 33.5. The number of benzene rings is 4. The number of carboxylic acid groups (broad SMARTS) is 1. The van der Waals surface area contributed by atoms with Crippen LogP contribution in [0, 0.1) is 67.6 Å². The molecule has 1 heterocycles. The van der Waals surface area contributed by atoms with E-state index in [1.165, 1.54) is 19.4 Å². The number of methoxy groups -OCH3 is 1. The second-order valence-corrected chi connectivity index (χ2v) is 14.1. The lowest BCUT2D eigenvalue weighted by Crippen LogP contribution is -2.39. The molecule has 0 saturated carbocycles. The monoisotopic (exact) mass is 1030 g/mol. The third kappa shape index (κ3) is 25.3. The molecule has 1 aliphatic heterocycles. The number of aryl methyl sites for hydroxylation is 1. The highest BCUT2D eigenvalue weighted by Gasteiger charge is 2.34. The van der Waals surface area contributed by atoms with E-state index in [0.29, 0.717) is 0 Å². The van der Waals surface area contributed by atoms with Crippen molar-refractivity contribution in [1.82, 2.24) is 0 Å². The summed E-state index contributed by atoms with van der Waals surface area (Å²) in [5, 5.41) is 80.3. The number of aliphatic carboxylic acids is 1. The van der Waals surface area contributed by atoms with E-state index < -0.39 is 138 Å². The molecule has 0 unspecified atom stereocenters. The van der Waals surface area contributed by atoms with Gasteiger partial charge < -0.3 is 33.9 Å². The fraction of sp³-hybridized carbons (Fsp3) is 0.286. The number of nitro benzene ring substituents is 6. The average Bonchev–Trinajstić information content (AvgIpc) is 3.29. The largest absolute Gasteiger partial charge is 0.481 e. The molecule has 4 aromatic rings. The number of carbonyl (C=O) groups excluding carboxylic acids is 5. The number of carboxylic acids is 1. The number of esters is 5. The van der Waals surface area contributed by atoms with Crippen molar-refractivity contribution in [2.24, 2.45) is 0 Å². The van der Waals surface area contributed by atoms with Gasteiger partial charge in [0.1, 0.15) is 32.5 Å². The predicted molar refractivity (Wildman–Crippen MR) is 242 cm³/mol. The molecule has 392 valence electrons. The van der Waals surface area contributed by atoms with Crippen molar-refractivity contribution in [2.45, 2.75) is 73.1 Å². The number of aliphatic hydroxyl groups excluding tert-OH is 1. The summed E-state index contributed by atoms with van der Waals surface area (Å²) in [6.45, 7) is 3.72. The van der Waals surface area contributed by atoms with Gasteiger partial charge in [0, 0.05) is 61.4 Å². The Morgan fingerprint density at radius 3 is 1.12 bits per heavy atom. The number of carbonyl (C=O) groups is 6. The van der Waals surface area contributed by atoms with Gasteiger partial charge in [-0.25, -0.2) is 0 Å². The third-order valence-electron chi connectivity index (χ3n) is 7.89. The summed E-state index contributed by atoms with van der Waals surface area (Å²) in [5.41, 5.74) is -1.29. The number of aliphatic hydroxyl groups is 1. The number of cyclic esters (lactones) is 2. The first-order valence-electron chi connectivity index (χ1n) is 19.5. The van der Waals surface area contributed by atoms with Crippen LogP contribution in [-0.4, -0.2) is 88.5 Å². The number of rotatable bonds is 15. The van der Waals surface area contributed by atoms with E-state index in [1.54, 1.807) is 0 Å². The SMILES string of the molecule is C.CC1(C)OC(=O)CC(=O)O1.COC(=O)CC(=O)OCc1cc([N+](=O)[O-])cc([N+](=O)[O-])c1.Cc1ccccc1.O=C(O)CC(=O)OCc1cc([N+](=O)[O-])cc([N+](=O)[O-])c1.O=[N+]([O-])c1cc(CO)cc([N+](=O)[O-])c1. The van der Waals surface area contributed by atoms with Gasteiger partial charge in [0.25, 0.3) is 39.9 Å². The maximum Gasteiger partial charge on any atom is 0.320 e. The Bertz CT molecular complexity index is 2580. The van der Waals surface area contributed by atoms with Gasteiger partial charge in [0.05, 0.1) is 61.5 Å². The van der Waals surface area contributed by atoms with E-state index in [2.05, 4.69) is 42.7 Å². The lowest BCUT2D eigenvalue weighted by Gasteiger charge is -2.28. The van der Waals surface area contributed by atoms with Gasteiger partial charge in [-0.3, -0.25) is 89.5 Å². The second-order valence-electron chi connectivity index (χ2n) is 14.1. The summed E-state index contributed by atoms with van der Waals surface area (Å²) >= 11 is 0. The third-order valence-corrected chi connectivity index (χ3v) is 7.89. The van der Waals surface area contributed by atoms with Crippen LogP contribution in [0.2, 0.25) is 0 Å². The predicted octanol–water partition coefficient (Wildman–Crippen LogP) is 5.97. The molecule has 0 spiro atoms. The zero-order valence-corrected chi connectivity index (χ0v) is 37.8. The van der Waals surface area contributed by atoms with Crippen molar-refractivity contribution in [3.63, 3.8) is 0 Å². The average molecular weight is 1030 g/mol. The first-order valence-corrected chi connectivity index (χ1v) is 19.5. The van der Waals surface area contributed by atoms with Crippen LogP contribution in [0.3, 0.4) is 0 Å². The molecule has 0 bridgehead atoms. The van der Waals surface area contributed by atoms with Crippen molar-refractivity contribution in [2.75, 3.05) is 7.11 Å². The Morgan fingerprint density at radius 1 is 0.562 bits per heavy atom. The summed E-state index contributed by atoms with van der Waals surface area (Å²) in [6.07, 6.45) is -1.76. The highest BCUT2D eigenvalue weighted by molar-refractivity contribution is 5.93. The van der Waals surface area contributed by atoms with Crippen LogP contribution in [0.5, 0.6) is 0 Å². The highest BCUT2D eigenvalue weighted by atomic mass is 16.7. The summed E-state index contributed by atoms with van der Waals surface area (Å²) in [7, 11) is 1.10. The van der Waals surface area contributed by atoms with Gasteiger partial charge >= 0.3 is 35.8 Å². The normalized spacial score (nSPS) is 11.4. The Labute approximate surface area is 409 Å². The molecule has 1 aliphatic rings. The van der Waals surface area contributed by atoms with Gasteiger partial charge in [-0.05, 0) is 12.5 Å². The Balaban J connectivity index is 0.000000924. The number of nitro groups is 6. The molecule has 1 fully saturated rings. The summed E-state index contributed by atoms with van der Waals surface area (Å²) < 4.78 is 22.8. The Kier molecular flexibility index (Phi) is 26.4. The van der Waals surface area contributed by atoms with E-state index in [1.807, 2.05) is 18.2 Å². The summed E-state index contributed by atoms with van der Waals surface area (Å²) in [4.78, 5) is 123. The maximum absolute atomic E-state index is 11.2. The minimum atomic E-state index is -1.39. The molecule has 0 atom stereocenters. The Hall–Kier alpha value is -9.94. The highest BCUT2D eigenvalue weighted by Crippen LogP contribution is 2.25. The quantitative estimate of drug-likeness (QED) is 0.0455. The fourth-order valence-electron chi connectivity index (χ4n) is 4.90. The first kappa shape index (κ1) is 63.1. The fourth-order valence-corrected chi connectivity index (χ4v) is 4.90. The molecule has 73 heavy (non-hydrogen) atoms. The molecule has 0 amide bonds. The zero-order valence-electron chi connectivity index (χ0n) is 37.8. The number of non-ortho nitro benzene ring substituents is 6. The van der Waals surface area contributed by atoms with Crippen LogP contribution in [0.1, 0.15) is 62.8 Å². The van der Waals surface area contributed by atoms with Gasteiger partial charge in [-0.1, -0.05) is 43.3 Å². The minimum Gasteiger partial charge on any atom is -0.481 e. The van der Waals surface area contributed by atoms with E-state index in [-0.39, 0.29) is 30.5 Å². The van der Waals surface area contributed by atoms with Gasteiger partial charge in [-0.15, -0.1) is 0 Å². The lowest BCUT2D eigenvalue weighted by atomic mass is 10.2. The van der Waals surface area contributed by atoms with Crippen molar-refractivity contribution < 1.29 is 92.2 Å². The van der Waals surface area contributed by atoms with Gasteiger partial charge in [-0.2, -0.15) is 0 Å². The zero-order chi connectivity index (χ0) is 54.9. The number of hydrogen-bond acceptors (Lipinski definition) is 24. The topological polar surface area (TPSA) is 448 Å².